The van der Waals surface area contributed by atoms with Gasteiger partial charge < -0.3 is 20.1 Å². The first-order valence-electron chi connectivity index (χ1n) is 8.79. The van der Waals surface area contributed by atoms with E-state index in [-0.39, 0.29) is 10.9 Å². The van der Waals surface area contributed by atoms with E-state index in [4.69, 9.17) is 26.6 Å². The molecule has 1 aliphatic rings. The molecule has 0 radical (unpaired) electrons. The highest BCUT2D eigenvalue weighted by Crippen LogP contribution is 2.36. The summed E-state index contributed by atoms with van der Waals surface area (Å²) in [5.74, 6) is 0.185. The van der Waals surface area contributed by atoms with Gasteiger partial charge in [-0.2, -0.15) is 0 Å². The number of hydrogen-bond donors (Lipinski definition) is 2. The van der Waals surface area contributed by atoms with E-state index in [2.05, 4.69) is 4.99 Å². The maximum Gasteiger partial charge on any atom is 0.494 e. The van der Waals surface area contributed by atoms with Crippen LogP contribution in [-0.2, 0) is 9.31 Å². The molecule has 0 aliphatic carbocycles. The average Bonchev–Trinajstić information content (AvgIpc) is 2.78. The number of anilines is 1. The Morgan fingerprint density at radius 1 is 1.07 bits per heavy atom. The van der Waals surface area contributed by atoms with Gasteiger partial charge in [-0.1, -0.05) is 23.7 Å². The van der Waals surface area contributed by atoms with Crippen LogP contribution in [0.1, 0.15) is 38.8 Å². The molecule has 7 heteroatoms. The summed E-state index contributed by atoms with van der Waals surface area (Å²) in [7, 11) is -0.505. The molecule has 0 unspecified atom stereocenters. The van der Waals surface area contributed by atoms with Gasteiger partial charge in [-0.25, -0.2) is 4.99 Å². The minimum Gasteiger partial charge on any atom is -0.508 e. The fourth-order valence-corrected chi connectivity index (χ4v) is 3.06. The number of phenolic OH excluding ortho intramolecular Hbond substituents is 1. The Kier molecular flexibility index (Phi) is 5.01. The summed E-state index contributed by atoms with van der Waals surface area (Å²) in [4.78, 5) is 4.47. The number of phenols is 1. The lowest BCUT2D eigenvalue weighted by atomic mass is 9.78. The number of aliphatic imine (C=N–C) groups is 1. The largest absolute Gasteiger partial charge is 0.508 e. The number of aromatic hydroxyl groups is 1. The summed E-state index contributed by atoms with van der Waals surface area (Å²) >= 11 is 6.47. The van der Waals surface area contributed by atoms with Crippen molar-refractivity contribution in [2.75, 3.05) is 5.73 Å². The van der Waals surface area contributed by atoms with Crippen molar-refractivity contribution in [1.29, 1.82) is 0 Å². The molecule has 0 aromatic heterocycles. The van der Waals surface area contributed by atoms with E-state index in [1.807, 2.05) is 46.8 Å². The standard InChI is InChI=1S/C20H24BClN2O3/c1-12-10-14(25)7-9-17(12)24-18(22)15-11-13(6-8-16(15)23)21-26-19(2,3)20(4,5)27-21/h6-11,25H,23H2,1-5H3. The molecule has 0 bridgehead atoms. The van der Waals surface area contributed by atoms with Gasteiger partial charge in [0.1, 0.15) is 10.9 Å². The molecule has 0 atom stereocenters. The molecule has 0 spiro atoms. The zero-order valence-electron chi connectivity index (χ0n) is 16.2. The summed E-state index contributed by atoms with van der Waals surface area (Å²) < 4.78 is 12.2. The van der Waals surface area contributed by atoms with Crippen LogP contribution in [0.2, 0.25) is 0 Å². The highest BCUT2D eigenvalue weighted by atomic mass is 35.5. The minimum atomic E-state index is -0.505. The molecule has 5 nitrogen and oxygen atoms in total. The monoisotopic (exact) mass is 386 g/mol. The van der Waals surface area contributed by atoms with Crippen LogP contribution in [0.5, 0.6) is 5.75 Å². The number of nitrogen functional groups attached to an aromatic ring is 1. The third-order valence-corrected chi connectivity index (χ3v) is 5.51. The molecule has 0 amide bonds. The first-order chi connectivity index (χ1) is 12.5. The number of nitrogens with zero attached hydrogens (tertiary/aromatic N) is 1. The van der Waals surface area contributed by atoms with E-state index in [0.717, 1.165) is 11.0 Å². The van der Waals surface area contributed by atoms with Crippen LogP contribution < -0.4 is 11.2 Å². The minimum absolute atomic E-state index is 0.185. The Bertz CT molecular complexity index is 896. The highest BCUT2D eigenvalue weighted by Gasteiger charge is 2.51. The molecule has 1 fully saturated rings. The topological polar surface area (TPSA) is 77.1 Å². The lowest BCUT2D eigenvalue weighted by molar-refractivity contribution is 0.00578. The third-order valence-electron chi connectivity index (χ3n) is 5.22. The molecule has 142 valence electrons. The van der Waals surface area contributed by atoms with Crippen LogP contribution in [0.4, 0.5) is 11.4 Å². The summed E-state index contributed by atoms with van der Waals surface area (Å²) in [6.07, 6.45) is 0. The zero-order valence-corrected chi connectivity index (χ0v) is 17.0. The summed E-state index contributed by atoms with van der Waals surface area (Å²) in [6.45, 7) is 9.88. The van der Waals surface area contributed by atoms with Crippen molar-refractivity contribution in [1.82, 2.24) is 0 Å². The second-order valence-corrected chi connectivity index (χ2v) is 8.17. The molecule has 3 rings (SSSR count). The average molecular weight is 387 g/mol. The van der Waals surface area contributed by atoms with Gasteiger partial charge >= 0.3 is 7.12 Å². The highest BCUT2D eigenvalue weighted by molar-refractivity contribution is 6.71. The first-order valence-corrected chi connectivity index (χ1v) is 9.17. The number of halogens is 1. The van der Waals surface area contributed by atoms with Crippen LogP contribution in [0.15, 0.2) is 41.4 Å². The smallest absolute Gasteiger partial charge is 0.494 e. The Morgan fingerprint density at radius 3 is 2.30 bits per heavy atom. The Hall–Kier alpha value is -2.02. The molecule has 1 heterocycles. The summed E-state index contributed by atoms with van der Waals surface area (Å²) in [5.41, 5.74) is 8.69. The number of aryl methyl sites for hydroxylation is 1. The van der Waals surface area contributed by atoms with Crippen molar-refractivity contribution in [3.63, 3.8) is 0 Å². The van der Waals surface area contributed by atoms with Gasteiger partial charge in [0.25, 0.3) is 0 Å². The van der Waals surface area contributed by atoms with Crippen LogP contribution >= 0.6 is 11.6 Å². The van der Waals surface area contributed by atoms with E-state index >= 15 is 0 Å². The zero-order chi connectivity index (χ0) is 20.0. The fraction of sp³-hybridized carbons (Fsp3) is 0.350. The molecular weight excluding hydrogens is 362 g/mol. The quantitative estimate of drug-likeness (QED) is 0.476. The summed E-state index contributed by atoms with van der Waals surface area (Å²) in [5, 5.41) is 9.81. The van der Waals surface area contributed by atoms with E-state index in [1.54, 1.807) is 24.3 Å². The Balaban J connectivity index is 1.95. The Labute approximate surface area is 165 Å². The lowest BCUT2D eigenvalue weighted by Crippen LogP contribution is -2.41. The van der Waals surface area contributed by atoms with E-state index < -0.39 is 18.3 Å². The van der Waals surface area contributed by atoms with E-state index in [9.17, 15) is 5.11 Å². The van der Waals surface area contributed by atoms with Crippen molar-refractivity contribution in [3.8, 4) is 5.75 Å². The van der Waals surface area contributed by atoms with Crippen LogP contribution in [0.25, 0.3) is 0 Å². The van der Waals surface area contributed by atoms with Gasteiger partial charge in [0.05, 0.1) is 16.9 Å². The molecular formula is C20H24BClN2O3. The predicted octanol–water partition coefficient (Wildman–Crippen LogP) is 3.90. The van der Waals surface area contributed by atoms with Gasteiger partial charge in [-0.15, -0.1) is 0 Å². The lowest BCUT2D eigenvalue weighted by Gasteiger charge is -2.32. The Morgan fingerprint density at radius 2 is 1.70 bits per heavy atom. The van der Waals surface area contributed by atoms with Gasteiger partial charge in [0.15, 0.2) is 0 Å². The van der Waals surface area contributed by atoms with E-state index in [0.29, 0.717) is 16.9 Å². The van der Waals surface area contributed by atoms with Gasteiger partial charge in [0.2, 0.25) is 0 Å². The molecule has 1 aliphatic heterocycles. The van der Waals surface area contributed by atoms with Crippen molar-refractivity contribution < 1.29 is 14.4 Å². The molecule has 0 saturated carbocycles. The van der Waals surface area contributed by atoms with Crippen LogP contribution in [0.3, 0.4) is 0 Å². The fourth-order valence-electron chi connectivity index (χ4n) is 2.81. The summed E-state index contributed by atoms with van der Waals surface area (Å²) in [6, 6.07) is 10.4. The third kappa shape index (κ3) is 3.83. The molecule has 27 heavy (non-hydrogen) atoms. The van der Waals surface area contributed by atoms with Crippen molar-refractivity contribution in [3.05, 3.63) is 47.5 Å². The first kappa shape index (κ1) is 19.7. The molecule has 3 N–H and O–H groups in total. The van der Waals surface area contributed by atoms with Gasteiger partial charge in [-0.05, 0) is 69.9 Å². The number of hydrogen-bond acceptors (Lipinski definition) is 5. The SMILES string of the molecule is Cc1cc(O)ccc1N=C(Cl)c1cc(B2OC(C)(C)C(C)(C)O2)ccc1N. The van der Waals surface area contributed by atoms with E-state index in [1.165, 1.54) is 0 Å². The normalized spacial score (nSPS) is 18.7. The van der Waals surface area contributed by atoms with Crippen molar-refractivity contribution in [2.45, 2.75) is 45.8 Å². The maximum absolute atomic E-state index is 9.55. The maximum atomic E-state index is 9.55. The number of nitrogens with two attached hydrogens (primary N) is 1. The van der Waals surface area contributed by atoms with Crippen LogP contribution in [-0.4, -0.2) is 28.6 Å². The van der Waals surface area contributed by atoms with Crippen LogP contribution in [0, 0.1) is 6.92 Å². The van der Waals surface area contributed by atoms with Gasteiger partial charge in [0, 0.05) is 11.3 Å². The second kappa shape index (κ2) is 6.86. The van der Waals surface area contributed by atoms with Gasteiger partial charge in [-0.3, -0.25) is 0 Å². The molecule has 2 aromatic carbocycles. The molecule has 2 aromatic rings. The predicted molar refractivity (Wildman–Crippen MR) is 111 cm³/mol. The van der Waals surface area contributed by atoms with Crippen molar-refractivity contribution >= 4 is 40.7 Å². The molecule has 1 saturated heterocycles. The number of benzene rings is 2. The number of rotatable bonds is 3. The second-order valence-electron chi connectivity index (χ2n) is 7.81. The van der Waals surface area contributed by atoms with Crippen molar-refractivity contribution in [2.24, 2.45) is 4.99 Å².